The first kappa shape index (κ1) is 11.0. The number of ether oxygens (including phenoxy) is 1. The van der Waals surface area contributed by atoms with Crippen LogP contribution in [-0.4, -0.2) is 18.2 Å². The number of halogens is 2. The number of hydrogen-bond acceptors (Lipinski definition) is 3. The van der Waals surface area contributed by atoms with Crippen molar-refractivity contribution in [2.45, 2.75) is 0 Å². The number of aromatic hydroxyl groups is 1. The molecular weight excluding hydrogens is 206 g/mol. The zero-order valence-corrected chi connectivity index (χ0v) is 7.67. The first-order valence-electron chi connectivity index (χ1n) is 3.82. The van der Waals surface area contributed by atoms with Crippen molar-refractivity contribution in [2.24, 2.45) is 0 Å². The van der Waals surface area contributed by atoms with E-state index in [1.807, 2.05) is 5.92 Å². The lowest BCUT2D eigenvalue weighted by Gasteiger charge is -1.97. The summed E-state index contributed by atoms with van der Waals surface area (Å²) in [6.45, 7) is 0. The Bertz CT molecular complexity index is 458. The Labute approximate surface area is 84.3 Å². The number of rotatable bonds is 0. The van der Waals surface area contributed by atoms with Gasteiger partial charge >= 0.3 is 5.97 Å². The van der Waals surface area contributed by atoms with Crippen LogP contribution in [0.2, 0.25) is 0 Å². The lowest BCUT2D eigenvalue weighted by Crippen LogP contribution is -1.95. The molecule has 0 radical (unpaired) electrons. The number of phenolic OH excluding ortho intramolecular Hbond substituents is 1. The van der Waals surface area contributed by atoms with Gasteiger partial charge in [0.25, 0.3) is 0 Å². The fourth-order valence-corrected chi connectivity index (χ4v) is 0.806. The maximum absolute atomic E-state index is 12.7. The number of esters is 1. The molecule has 0 saturated carbocycles. The Balaban J connectivity index is 3.09. The highest BCUT2D eigenvalue weighted by molar-refractivity contribution is 5.89. The minimum Gasteiger partial charge on any atom is -0.507 e. The number of benzene rings is 1. The van der Waals surface area contributed by atoms with Crippen LogP contribution in [-0.2, 0) is 9.53 Å². The highest BCUT2D eigenvalue weighted by atomic mass is 19.2. The van der Waals surface area contributed by atoms with Crippen LogP contribution < -0.4 is 0 Å². The molecule has 0 aliphatic heterocycles. The predicted octanol–water partition coefficient (Wildman–Crippen LogP) is 1.19. The van der Waals surface area contributed by atoms with Crippen LogP contribution in [0.1, 0.15) is 5.56 Å². The number of methoxy groups -OCH3 is 1. The number of hydrogen-bond donors (Lipinski definition) is 1. The summed E-state index contributed by atoms with van der Waals surface area (Å²) in [6.07, 6.45) is 0. The van der Waals surface area contributed by atoms with Crippen molar-refractivity contribution in [1.29, 1.82) is 0 Å². The van der Waals surface area contributed by atoms with E-state index in [2.05, 4.69) is 10.7 Å². The highest BCUT2D eigenvalue weighted by Crippen LogP contribution is 2.19. The molecule has 0 spiro atoms. The monoisotopic (exact) mass is 212 g/mol. The van der Waals surface area contributed by atoms with Crippen molar-refractivity contribution in [1.82, 2.24) is 0 Å². The second-order valence-corrected chi connectivity index (χ2v) is 2.53. The van der Waals surface area contributed by atoms with E-state index in [0.717, 1.165) is 7.11 Å². The van der Waals surface area contributed by atoms with Gasteiger partial charge in [0.2, 0.25) is 0 Å². The molecular formula is C10H6F2O3. The molecule has 1 N–H and O–H groups in total. The van der Waals surface area contributed by atoms with Crippen molar-refractivity contribution in [3.63, 3.8) is 0 Å². The van der Waals surface area contributed by atoms with E-state index in [9.17, 15) is 13.6 Å². The highest BCUT2D eigenvalue weighted by Gasteiger charge is 2.07. The van der Waals surface area contributed by atoms with Gasteiger partial charge in [-0.1, -0.05) is 5.92 Å². The smallest absolute Gasteiger partial charge is 0.384 e. The van der Waals surface area contributed by atoms with Crippen molar-refractivity contribution in [3.8, 4) is 17.6 Å². The van der Waals surface area contributed by atoms with Crippen molar-refractivity contribution in [3.05, 3.63) is 29.3 Å². The minimum absolute atomic E-state index is 0.181. The van der Waals surface area contributed by atoms with Gasteiger partial charge in [0.15, 0.2) is 11.6 Å². The first-order valence-corrected chi connectivity index (χ1v) is 3.82. The number of carbonyl (C=O) groups is 1. The molecule has 0 amide bonds. The summed E-state index contributed by atoms with van der Waals surface area (Å²) >= 11 is 0. The van der Waals surface area contributed by atoms with Gasteiger partial charge in [0.1, 0.15) is 5.75 Å². The van der Waals surface area contributed by atoms with Crippen molar-refractivity contribution >= 4 is 5.97 Å². The lowest BCUT2D eigenvalue weighted by molar-refractivity contribution is -0.133. The van der Waals surface area contributed by atoms with Gasteiger partial charge in [0, 0.05) is 12.0 Å². The molecule has 0 bridgehead atoms. The van der Waals surface area contributed by atoms with Gasteiger partial charge in [0.05, 0.1) is 12.7 Å². The first-order chi connectivity index (χ1) is 7.04. The van der Waals surface area contributed by atoms with Crippen LogP contribution in [0, 0.1) is 23.5 Å². The van der Waals surface area contributed by atoms with Gasteiger partial charge < -0.3 is 9.84 Å². The molecule has 1 rings (SSSR count). The molecule has 0 saturated heterocycles. The summed E-state index contributed by atoms with van der Waals surface area (Å²) in [5.74, 6) is 0.420. The molecule has 0 unspecified atom stereocenters. The van der Waals surface area contributed by atoms with Crippen LogP contribution in [0.3, 0.4) is 0 Å². The van der Waals surface area contributed by atoms with Crippen LogP contribution in [0.4, 0.5) is 8.78 Å². The Kier molecular flexibility index (Phi) is 3.24. The fourth-order valence-electron chi connectivity index (χ4n) is 0.806. The minimum atomic E-state index is -1.18. The van der Waals surface area contributed by atoms with Gasteiger partial charge in [-0.05, 0) is 6.07 Å². The van der Waals surface area contributed by atoms with Gasteiger partial charge in [-0.15, -0.1) is 0 Å². The average molecular weight is 212 g/mol. The zero-order valence-electron chi connectivity index (χ0n) is 7.67. The molecule has 1 aromatic rings. The third-order valence-corrected chi connectivity index (χ3v) is 1.52. The Morgan fingerprint density at radius 3 is 2.60 bits per heavy atom. The van der Waals surface area contributed by atoms with Crippen molar-refractivity contribution < 1.29 is 23.4 Å². The van der Waals surface area contributed by atoms with Gasteiger partial charge in [-0.25, -0.2) is 13.6 Å². The molecule has 1 aromatic carbocycles. The Morgan fingerprint density at radius 2 is 2.00 bits per heavy atom. The van der Waals surface area contributed by atoms with Crippen LogP contribution in [0.25, 0.3) is 0 Å². The third-order valence-electron chi connectivity index (χ3n) is 1.52. The maximum Gasteiger partial charge on any atom is 0.384 e. The van der Waals surface area contributed by atoms with E-state index < -0.39 is 23.4 Å². The molecule has 0 aliphatic rings. The molecule has 3 nitrogen and oxygen atoms in total. The van der Waals surface area contributed by atoms with E-state index in [1.54, 1.807) is 0 Å². The standard InChI is InChI=1S/C10H6F2O3/c1-15-10(14)3-2-6-4-7(11)8(12)5-9(6)13/h4-5,13H,1H3. The lowest BCUT2D eigenvalue weighted by atomic mass is 10.2. The largest absolute Gasteiger partial charge is 0.507 e. The van der Waals surface area contributed by atoms with E-state index in [-0.39, 0.29) is 5.56 Å². The normalized spacial score (nSPS) is 9.00. The van der Waals surface area contributed by atoms with Crippen LogP contribution in [0.15, 0.2) is 12.1 Å². The van der Waals surface area contributed by atoms with Crippen molar-refractivity contribution in [2.75, 3.05) is 7.11 Å². The summed E-state index contributed by atoms with van der Waals surface area (Å²) in [5, 5.41) is 9.14. The molecule has 0 heterocycles. The maximum atomic E-state index is 12.7. The molecule has 15 heavy (non-hydrogen) atoms. The molecule has 0 atom stereocenters. The Morgan fingerprint density at radius 1 is 1.40 bits per heavy atom. The quantitative estimate of drug-likeness (QED) is 0.519. The second kappa shape index (κ2) is 4.42. The van der Waals surface area contributed by atoms with Gasteiger partial charge in [-0.2, -0.15) is 0 Å². The second-order valence-electron chi connectivity index (χ2n) is 2.53. The molecule has 0 aliphatic carbocycles. The number of carbonyl (C=O) groups excluding carboxylic acids is 1. The van der Waals surface area contributed by atoms with E-state index in [0.29, 0.717) is 12.1 Å². The van der Waals surface area contributed by atoms with Gasteiger partial charge in [-0.3, -0.25) is 0 Å². The summed E-state index contributed by atoms with van der Waals surface area (Å²) in [4.78, 5) is 10.6. The summed E-state index contributed by atoms with van der Waals surface area (Å²) < 4.78 is 29.4. The predicted molar refractivity (Wildman–Crippen MR) is 46.9 cm³/mol. The van der Waals surface area contributed by atoms with E-state index in [1.165, 1.54) is 0 Å². The molecule has 0 fully saturated rings. The Hall–Kier alpha value is -2.09. The SMILES string of the molecule is COC(=O)C#Cc1cc(F)c(F)cc1O. The molecule has 5 heteroatoms. The topological polar surface area (TPSA) is 46.5 Å². The van der Waals surface area contributed by atoms with Crippen LogP contribution >= 0.6 is 0 Å². The summed E-state index contributed by atoms with van der Waals surface area (Å²) in [5.41, 5.74) is -0.181. The zero-order chi connectivity index (χ0) is 11.4. The van der Waals surface area contributed by atoms with E-state index >= 15 is 0 Å². The molecule has 78 valence electrons. The summed E-state index contributed by atoms with van der Waals surface area (Å²) in [6, 6.07) is 1.28. The van der Waals surface area contributed by atoms with Crippen LogP contribution in [0.5, 0.6) is 5.75 Å². The molecule has 0 aromatic heterocycles. The van der Waals surface area contributed by atoms with E-state index in [4.69, 9.17) is 5.11 Å². The fraction of sp³-hybridized carbons (Fsp3) is 0.100. The average Bonchev–Trinajstić information content (AvgIpc) is 2.21. The number of phenols is 1. The third kappa shape index (κ3) is 2.68. The summed E-state index contributed by atoms with van der Waals surface area (Å²) in [7, 11) is 1.13.